The number of rotatable bonds is 37. The van der Waals surface area contributed by atoms with Crippen molar-refractivity contribution in [3.05, 3.63) is 12.2 Å². The molecule has 0 spiro atoms. The van der Waals surface area contributed by atoms with E-state index in [1.807, 2.05) is 0 Å². The summed E-state index contributed by atoms with van der Waals surface area (Å²) in [6, 6.07) is -0.979. The molecule has 6 heteroatoms. The van der Waals surface area contributed by atoms with Gasteiger partial charge < -0.3 is 25.7 Å². The first-order valence-corrected chi connectivity index (χ1v) is 20.6. The number of hydrogen-bond donors (Lipinski definition) is 5. The van der Waals surface area contributed by atoms with Crippen LogP contribution in [0.25, 0.3) is 0 Å². The summed E-state index contributed by atoms with van der Waals surface area (Å²) in [5.41, 5.74) is 0. The number of aliphatic hydroxyl groups is 4. The van der Waals surface area contributed by atoms with Crippen LogP contribution in [0.2, 0.25) is 0 Å². The maximum atomic E-state index is 12.4. The third kappa shape index (κ3) is 30.8. The number of aliphatic hydroxyl groups excluding tert-OH is 4. The van der Waals surface area contributed by atoms with Crippen molar-refractivity contribution in [2.24, 2.45) is 0 Å². The Balaban J connectivity index is 3.60. The van der Waals surface area contributed by atoms with Crippen LogP contribution in [0.3, 0.4) is 0 Å². The van der Waals surface area contributed by atoms with Gasteiger partial charge in [0.1, 0.15) is 12.2 Å². The van der Waals surface area contributed by atoms with Crippen molar-refractivity contribution >= 4 is 5.91 Å². The summed E-state index contributed by atoms with van der Waals surface area (Å²) in [5, 5.41) is 43.2. The zero-order chi connectivity index (χ0) is 34.6. The third-order valence-electron chi connectivity index (χ3n) is 9.73. The molecule has 1 amide bonds. The summed E-state index contributed by atoms with van der Waals surface area (Å²) in [7, 11) is 0. The maximum absolute atomic E-state index is 12.4. The molecule has 5 N–H and O–H groups in total. The molecule has 4 atom stereocenters. The number of carbonyl (C=O) groups excluding carboxylic acids is 1. The van der Waals surface area contributed by atoms with Crippen molar-refractivity contribution in [1.29, 1.82) is 0 Å². The molecule has 0 rings (SSSR count). The van der Waals surface area contributed by atoms with Gasteiger partial charge in [0.2, 0.25) is 5.91 Å². The van der Waals surface area contributed by atoms with E-state index in [1.54, 1.807) is 0 Å². The molecule has 0 aliphatic carbocycles. The highest BCUT2D eigenvalue weighted by molar-refractivity contribution is 5.80. The van der Waals surface area contributed by atoms with Gasteiger partial charge in [-0.1, -0.05) is 187 Å². The molecule has 0 aliphatic rings. The maximum Gasteiger partial charge on any atom is 0.249 e. The van der Waals surface area contributed by atoms with Crippen LogP contribution in [0, 0.1) is 0 Å². The third-order valence-corrected chi connectivity index (χ3v) is 9.73. The lowest BCUT2D eigenvalue weighted by molar-refractivity contribution is -0.132. The van der Waals surface area contributed by atoms with Crippen LogP contribution >= 0.6 is 0 Å². The summed E-state index contributed by atoms with van der Waals surface area (Å²) in [6.07, 6.45) is 38.5. The lowest BCUT2D eigenvalue weighted by atomic mass is 9.99. The molecule has 4 unspecified atom stereocenters. The topological polar surface area (TPSA) is 110 Å². The molecule has 47 heavy (non-hydrogen) atoms. The Labute approximate surface area is 292 Å². The van der Waals surface area contributed by atoms with Crippen molar-refractivity contribution in [2.75, 3.05) is 6.61 Å². The molecule has 0 saturated carbocycles. The first kappa shape index (κ1) is 46.0. The molecular formula is C41H81NO5. The minimum Gasteiger partial charge on any atom is -0.394 e. The fourth-order valence-electron chi connectivity index (χ4n) is 6.40. The van der Waals surface area contributed by atoms with Crippen LogP contribution in [-0.2, 0) is 4.79 Å². The van der Waals surface area contributed by atoms with Gasteiger partial charge >= 0.3 is 0 Å². The van der Waals surface area contributed by atoms with Crippen molar-refractivity contribution in [2.45, 2.75) is 237 Å². The van der Waals surface area contributed by atoms with E-state index in [0.29, 0.717) is 12.8 Å². The molecule has 0 radical (unpaired) electrons. The summed E-state index contributed by atoms with van der Waals surface area (Å²) in [4.78, 5) is 12.4. The first-order valence-electron chi connectivity index (χ1n) is 20.6. The molecule has 0 fully saturated rings. The largest absolute Gasteiger partial charge is 0.394 e. The van der Waals surface area contributed by atoms with E-state index in [9.17, 15) is 25.2 Å². The Bertz CT molecular complexity index is 672. The highest BCUT2D eigenvalue weighted by Crippen LogP contribution is 2.16. The SMILES string of the molecule is CCCCCCCCCCCCCC/C=C\CCCCCCCCCCCC(O)C(=O)NC(CO)C(O)C(O)CCCCCCCC. The number of unbranched alkanes of at least 4 members (excludes halogenated alkanes) is 26. The predicted octanol–water partition coefficient (Wildman–Crippen LogP) is 10.2. The van der Waals surface area contributed by atoms with Crippen molar-refractivity contribution < 1.29 is 25.2 Å². The van der Waals surface area contributed by atoms with Gasteiger partial charge in [-0.25, -0.2) is 0 Å². The minimum atomic E-state index is -1.25. The van der Waals surface area contributed by atoms with Gasteiger partial charge in [0.05, 0.1) is 18.8 Å². The Morgan fingerprint density at radius 2 is 0.851 bits per heavy atom. The summed E-state index contributed by atoms with van der Waals surface area (Å²) in [5.74, 6) is -0.589. The molecule has 0 bridgehead atoms. The van der Waals surface area contributed by atoms with Crippen molar-refractivity contribution in [1.82, 2.24) is 5.32 Å². The van der Waals surface area contributed by atoms with Gasteiger partial charge in [-0.2, -0.15) is 0 Å². The standard InChI is InChI=1S/C41H81NO5/c1-3-5-7-9-11-12-13-14-15-16-17-18-19-20-21-22-23-24-25-26-27-28-29-31-33-35-39(45)41(47)42-37(36-43)40(46)38(44)34-32-30-10-8-6-4-2/h20-21,37-40,43-46H,3-19,22-36H2,1-2H3,(H,42,47)/b21-20-. The lowest BCUT2D eigenvalue weighted by Gasteiger charge is -2.27. The van der Waals surface area contributed by atoms with Crippen LogP contribution in [-0.4, -0.2) is 57.3 Å². The van der Waals surface area contributed by atoms with Crippen molar-refractivity contribution in [3.8, 4) is 0 Å². The monoisotopic (exact) mass is 668 g/mol. The van der Waals surface area contributed by atoms with E-state index < -0.39 is 36.9 Å². The van der Waals surface area contributed by atoms with E-state index >= 15 is 0 Å². The number of allylic oxidation sites excluding steroid dienone is 2. The Hall–Kier alpha value is -0.950. The van der Waals surface area contributed by atoms with Crippen LogP contribution in [0.1, 0.15) is 213 Å². The van der Waals surface area contributed by atoms with Crippen LogP contribution in [0.5, 0.6) is 0 Å². The van der Waals surface area contributed by atoms with Gasteiger partial charge in [-0.15, -0.1) is 0 Å². The molecule has 6 nitrogen and oxygen atoms in total. The predicted molar refractivity (Wildman–Crippen MR) is 201 cm³/mol. The molecule has 0 aliphatic heterocycles. The molecular weight excluding hydrogens is 586 g/mol. The smallest absolute Gasteiger partial charge is 0.249 e. The average molecular weight is 668 g/mol. The zero-order valence-electron chi connectivity index (χ0n) is 31.3. The fourth-order valence-corrected chi connectivity index (χ4v) is 6.40. The first-order chi connectivity index (χ1) is 23.0. The number of amides is 1. The second kappa shape index (κ2) is 36.3. The second-order valence-electron chi connectivity index (χ2n) is 14.3. The summed E-state index contributed by atoms with van der Waals surface area (Å²) >= 11 is 0. The molecule has 0 heterocycles. The van der Waals surface area contributed by atoms with Gasteiger partial charge in [0.15, 0.2) is 0 Å². The number of hydrogen-bond acceptors (Lipinski definition) is 5. The zero-order valence-corrected chi connectivity index (χ0v) is 31.3. The van der Waals surface area contributed by atoms with Gasteiger partial charge in [-0.3, -0.25) is 4.79 Å². The quantitative estimate of drug-likeness (QED) is 0.0335. The Morgan fingerprint density at radius 1 is 0.511 bits per heavy atom. The van der Waals surface area contributed by atoms with E-state index in [2.05, 4.69) is 31.3 Å². The van der Waals surface area contributed by atoms with Gasteiger partial charge in [0, 0.05) is 0 Å². The second-order valence-corrected chi connectivity index (χ2v) is 14.3. The minimum absolute atomic E-state index is 0.368. The van der Waals surface area contributed by atoms with Crippen LogP contribution < -0.4 is 5.32 Å². The molecule has 280 valence electrons. The fraction of sp³-hybridized carbons (Fsp3) is 0.927. The Kier molecular flexibility index (Phi) is 35.6. The molecule has 0 saturated heterocycles. The van der Waals surface area contributed by atoms with Gasteiger partial charge in [0.25, 0.3) is 0 Å². The van der Waals surface area contributed by atoms with Gasteiger partial charge in [-0.05, 0) is 38.5 Å². The Morgan fingerprint density at radius 3 is 1.23 bits per heavy atom. The van der Waals surface area contributed by atoms with E-state index in [0.717, 1.165) is 38.5 Å². The number of carbonyl (C=O) groups is 1. The molecule has 0 aromatic heterocycles. The normalized spacial score (nSPS) is 14.4. The average Bonchev–Trinajstić information content (AvgIpc) is 3.08. The van der Waals surface area contributed by atoms with E-state index in [-0.39, 0.29) is 0 Å². The van der Waals surface area contributed by atoms with E-state index in [4.69, 9.17) is 0 Å². The molecule has 0 aromatic carbocycles. The molecule has 0 aromatic rings. The summed E-state index contributed by atoms with van der Waals surface area (Å²) in [6.45, 7) is 3.97. The lowest BCUT2D eigenvalue weighted by Crippen LogP contribution is -2.53. The van der Waals surface area contributed by atoms with Crippen LogP contribution in [0.4, 0.5) is 0 Å². The number of nitrogens with one attached hydrogen (secondary N) is 1. The van der Waals surface area contributed by atoms with E-state index in [1.165, 1.54) is 148 Å². The van der Waals surface area contributed by atoms with Crippen LogP contribution in [0.15, 0.2) is 12.2 Å². The summed E-state index contributed by atoms with van der Waals surface area (Å²) < 4.78 is 0. The highest BCUT2D eigenvalue weighted by Gasteiger charge is 2.28. The highest BCUT2D eigenvalue weighted by atomic mass is 16.3. The van der Waals surface area contributed by atoms with Crippen molar-refractivity contribution in [3.63, 3.8) is 0 Å².